The van der Waals surface area contributed by atoms with E-state index >= 15 is 0 Å². The van der Waals surface area contributed by atoms with Gasteiger partial charge in [0.25, 0.3) is 5.91 Å². The van der Waals surface area contributed by atoms with E-state index in [0.717, 1.165) is 0 Å². The van der Waals surface area contributed by atoms with Crippen molar-refractivity contribution in [2.75, 3.05) is 7.11 Å². The topological polar surface area (TPSA) is 65.2 Å². The Morgan fingerprint density at radius 1 is 1.35 bits per heavy atom. The van der Waals surface area contributed by atoms with Crippen LogP contribution in [0, 0.1) is 0 Å². The lowest BCUT2D eigenvalue weighted by molar-refractivity contribution is 0.0997. The average molecular weight is 271 g/mol. The van der Waals surface area contributed by atoms with Crippen molar-refractivity contribution < 1.29 is 9.53 Å². The van der Waals surface area contributed by atoms with Crippen molar-refractivity contribution in [1.29, 1.82) is 0 Å². The minimum Gasteiger partial charge on any atom is -0.496 e. The molecule has 6 heteroatoms. The Balaban J connectivity index is 2.83. The summed E-state index contributed by atoms with van der Waals surface area (Å²) in [6, 6.07) is 4.62. The molecule has 1 amide bonds. The van der Waals surface area contributed by atoms with Gasteiger partial charge in [0.2, 0.25) is 0 Å². The zero-order valence-electron chi connectivity index (χ0n) is 8.83. The summed E-state index contributed by atoms with van der Waals surface area (Å²) in [6.45, 7) is 0. The summed E-state index contributed by atoms with van der Waals surface area (Å²) >= 11 is 11.8. The molecule has 1 heterocycles. The third kappa shape index (κ3) is 2.14. The second-order valence-electron chi connectivity index (χ2n) is 3.36. The molecule has 2 aromatic rings. The molecule has 0 bridgehead atoms. The fourth-order valence-electron chi connectivity index (χ4n) is 1.54. The van der Waals surface area contributed by atoms with Crippen LogP contribution in [0.4, 0.5) is 0 Å². The van der Waals surface area contributed by atoms with E-state index in [1.54, 1.807) is 12.1 Å². The highest BCUT2D eigenvalue weighted by Gasteiger charge is 2.13. The van der Waals surface area contributed by atoms with Gasteiger partial charge < -0.3 is 10.5 Å². The highest BCUT2D eigenvalue weighted by atomic mass is 35.5. The number of carbonyl (C=O) groups is 1. The average Bonchev–Trinajstić information content (AvgIpc) is 2.26. The Labute approximate surface area is 107 Å². The molecule has 0 saturated carbocycles. The number of ether oxygens (including phenoxy) is 1. The quantitative estimate of drug-likeness (QED) is 0.854. The van der Waals surface area contributed by atoms with Crippen LogP contribution in [0.25, 0.3) is 10.9 Å². The first-order valence-corrected chi connectivity index (χ1v) is 5.42. The lowest BCUT2D eigenvalue weighted by atomic mass is 10.1. The van der Waals surface area contributed by atoms with Crippen LogP contribution < -0.4 is 10.5 Å². The molecule has 1 aromatic heterocycles. The smallest absolute Gasteiger partial charge is 0.252 e. The molecule has 0 atom stereocenters. The van der Waals surface area contributed by atoms with Crippen molar-refractivity contribution in [1.82, 2.24) is 4.98 Å². The molecule has 1 aromatic carbocycles. The zero-order valence-corrected chi connectivity index (χ0v) is 10.3. The van der Waals surface area contributed by atoms with Gasteiger partial charge in [-0.3, -0.25) is 4.79 Å². The number of methoxy groups -OCH3 is 1. The van der Waals surface area contributed by atoms with Crippen molar-refractivity contribution in [3.05, 3.63) is 33.9 Å². The maximum atomic E-state index is 11.3. The molecule has 2 rings (SSSR count). The van der Waals surface area contributed by atoms with Crippen LogP contribution in [-0.2, 0) is 0 Å². The maximum Gasteiger partial charge on any atom is 0.252 e. The summed E-state index contributed by atoms with van der Waals surface area (Å²) < 4.78 is 5.07. The van der Waals surface area contributed by atoms with Crippen molar-refractivity contribution >= 4 is 40.0 Å². The molecule has 0 radical (unpaired) electrons. The number of primary amides is 1. The van der Waals surface area contributed by atoms with Gasteiger partial charge in [-0.15, -0.1) is 0 Å². The fraction of sp³-hybridized carbons (Fsp3) is 0.0909. The molecule has 4 nitrogen and oxygen atoms in total. The van der Waals surface area contributed by atoms with Crippen molar-refractivity contribution in [3.8, 4) is 5.75 Å². The number of rotatable bonds is 2. The molecule has 0 fully saturated rings. The number of aromatic nitrogens is 1. The van der Waals surface area contributed by atoms with Crippen LogP contribution >= 0.6 is 23.2 Å². The number of fused-ring (bicyclic) bond motifs is 1. The molecular weight excluding hydrogens is 263 g/mol. The Morgan fingerprint density at radius 3 is 2.65 bits per heavy atom. The van der Waals surface area contributed by atoms with E-state index in [2.05, 4.69) is 4.98 Å². The maximum absolute atomic E-state index is 11.3. The minimum absolute atomic E-state index is 0.256. The Bertz CT molecular complexity index is 614. The van der Waals surface area contributed by atoms with E-state index < -0.39 is 5.91 Å². The molecule has 0 unspecified atom stereocenters. The number of nitrogens with two attached hydrogens (primary N) is 1. The first-order chi connectivity index (χ1) is 8.02. The van der Waals surface area contributed by atoms with Gasteiger partial charge in [-0.05, 0) is 12.1 Å². The summed E-state index contributed by atoms with van der Waals surface area (Å²) in [5.41, 5.74) is 6.05. The van der Waals surface area contributed by atoms with Crippen molar-refractivity contribution in [2.24, 2.45) is 5.73 Å². The van der Waals surface area contributed by atoms with Gasteiger partial charge in [0.15, 0.2) is 0 Å². The van der Waals surface area contributed by atoms with E-state index in [1.807, 2.05) is 0 Å². The first-order valence-electron chi connectivity index (χ1n) is 4.66. The summed E-state index contributed by atoms with van der Waals surface area (Å²) in [5, 5.41) is 1.28. The van der Waals surface area contributed by atoms with E-state index in [0.29, 0.717) is 21.7 Å². The number of halogens is 2. The Hall–Kier alpha value is -1.52. The number of hydrogen-bond donors (Lipinski definition) is 1. The van der Waals surface area contributed by atoms with Crippen molar-refractivity contribution in [3.63, 3.8) is 0 Å². The number of carbonyl (C=O) groups excluding carboxylic acids is 1. The van der Waals surface area contributed by atoms with Crippen molar-refractivity contribution in [2.45, 2.75) is 0 Å². The number of amides is 1. The molecule has 0 aliphatic rings. The summed E-state index contributed by atoms with van der Waals surface area (Å²) in [7, 11) is 1.44. The van der Waals surface area contributed by atoms with Crippen LogP contribution in [0.2, 0.25) is 10.2 Å². The van der Waals surface area contributed by atoms with E-state index in [1.165, 1.54) is 13.2 Å². The molecule has 17 heavy (non-hydrogen) atoms. The van der Waals surface area contributed by atoms with Gasteiger partial charge in [0, 0.05) is 11.5 Å². The normalized spacial score (nSPS) is 10.5. The van der Waals surface area contributed by atoms with Crippen LogP contribution in [0.1, 0.15) is 10.4 Å². The molecule has 2 N–H and O–H groups in total. The van der Waals surface area contributed by atoms with Crippen LogP contribution in [0.15, 0.2) is 18.2 Å². The van der Waals surface area contributed by atoms with E-state index in [9.17, 15) is 4.79 Å². The minimum atomic E-state index is -0.588. The Kier molecular flexibility index (Phi) is 3.09. The number of nitrogens with zero attached hydrogens (tertiary/aromatic N) is 1. The molecule has 0 aliphatic carbocycles. The number of hydrogen-bond acceptors (Lipinski definition) is 3. The molecule has 0 saturated heterocycles. The molecular formula is C11H8Cl2N2O2. The Morgan fingerprint density at radius 2 is 2.06 bits per heavy atom. The lowest BCUT2D eigenvalue weighted by Gasteiger charge is -2.08. The number of pyridine rings is 1. The van der Waals surface area contributed by atoms with E-state index in [-0.39, 0.29) is 10.7 Å². The van der Waals surface area contributed by atoms with Gasteiger partial charge in [0.05, 0.1) is 23.2 Å². The first kappa shape index (κ1) is 12.0. The van der Waals surface area contributed by atoms with Gasteiger partial charge in [-0.1, -0.05) is 23.2 Å². The zero-order chi connectivity index (χ0) is 12.6. The lowest BCUT2D eigenvalue weighted by Crippen LogP contribution is -2.12. The highest BCUT2D eigenvalue weighted by molar-refractivity contribution is 6.38. The van der Waals surface area contributed by atoms with Gasteiger partial charge in [-0.25, -0.2) is 4.98 Å². The predicted octanol–water partition coefficient (Wildman–Crippen LogP) is 2.65. The van der Waals surface area contributed by atoms with Gasteiger partial charge in [-0.2, -0.15) is 0 Å². The van der Waals surface area contributed by atoms with Crippen LogP contribution in [-0.4, -0.2) is 18.0 Å². The van der Waals surface area contributed by atoms with Crippen LogP contribution in [0.5, 0.6) is 5.75 Å². The monoisotopic (exact) mass is 270 g/mol. The van der Waals surface area contributed by atoms with Crippen LogP contribution in [0.3, 0.4) is 0 Å². The summed E-state index contributed by atoms with van der Waals surface area (Å²) in [4.78, 5) is 15.3. The SMILES string of the molecule is COc1cc2nc(Cl)cc(Cl)c2cc1C(N)=O. The standard InChI is InChI=1S/C11H8Cl2N2O2/c1-17-9-4-8-5(2-6(9)11(14)16)7(12)3-10(13)15-8/h2-4H,1H3,(H2,14,16). The van der Waals surface area contributed by atoms with Gasteiger partial charge in [0.1, 0.15) is 10.9 Å². The molecule has 88 valence electrons. The second kappa shape index (κ2) is 4.39. The third-order valence-electron chi connectivity index (χ3n) is 2.31. The molecule has 0 aliphatic heterocycles. The third-order valence-corrected chi connectivity index (χ3v) is 2.82. The molecule has 0 spiro atoms. The predicted molar refractivity (Wildman–Crippen MR) is 66.8 cm³/mol. The summed E-state index contributed by atoms with van der Waals surface area (Å²) in [5.74, 6) is -0.245. The summed E-state index contributed by atoms with van der Waals surface area (Å²) in [6.07, 6.45) is 0. The van der Waals surface area contributed by atoms with Gasteiger partial charge >= 0.3 is 0 Å². The fourth-order valence-corrected chi connectivity index (χ4v) is 2.05. The second-order valence-corrected chi connectivity index (χ2v) is 4.16. The highest BCUT2D eigenvalue weighted by Crippen LogP contribution is 2.30. The largest absolute Gasteiger partial charge is 0.496 e. The van der Waals surface area contributed by atoms with E-state index in [4.69, 9.17) is 33.7 Å². The number of benzene rings is 1.